The highest BCUT2D eigenvalue weighted by molar-refractivity contribution is 5.21. The van der Waals surface area contributed by atoms with Crippen LogP contribution in [0.4, 0.5) is 5.95 Å². The van der Waals surface area contributed by atoms with Crippen molar-refractivity contribution in [3.63, 3.8) is 0 Å². The zero-order chi connectivity index (χ0) is 9.10. The zero-order valence-corrected chi connectivity index (χ0v) is 7.69. The summed E-state index contributed by atoms with van der Waals surface area (Å²) in [5.74, 6) is 0.730. The first-order valence-corrected chi connectivity index (χ1v) is 4.56. The van der Waals surface area contributed by atoms with E-state index in [9.17, 15) is 0 Å². The molecule has 0 saturated carbocycles. The van der Waals surface area contributed by atoms with E-state index in [0.717, 1.165) is 19.0 Å². The van der Waals surface area contributed by atoms with Crippen molar-refractivity contribution in [2.45, 2.75) is 18.9 Å². The summed E-state index contributed by atoms with van der Waals surface area (Å²) in [6, 6.07) is 0.566. The van der Waals surface area contributed by atoms with Crippen LogP contribution in [0.15, 0.2) is 0 Å². The van der Waals surface area contributed by atoms with Gasteiger partial charge >= 0.3 is 0 Å². The third-order valence-corrected chi connectivity index (χ3v) is 2.29. The number of hydrogen-bond donors (Lipinski definition) is 2. The van der Waals surface area contributed by atoms with Crippen molar-refractivity contribution in [1.29, 1.82) is 0 Å². The average molecular weight is 182 g/mol. The number of aryl methyl sites for hydroxylation is 1. The molecule has 1 atom stereocenters. The van der Waals surface area contributed by atoms with Crippen LogP contribution in [0.3, 0.4) is 0 Å². The molecule has 0 aliphatic carbocycles. The van der Waals surface area contributed by atoms with Crippen molar-refractivity contribution in [2.24, 2.45) is 7.05 Å². The van der Waals surface area contributed by atoms with E-state index in [0.29, 0.717) is 6.04 Å². The van der Waals surface area contributed by atoms with E-state index in [1.54, 1.807) is 4.68 Å². The zero-order valence-electron chi connectivity index (χ0n) is 7.69. The van der Waals surface area contributed by atoms with Gasteiger partial charge in [0.25, 0.3) is 0 Å². The van der Waals surface area contributed by atoms with Gasteiger partial charge in [-0.05, 0) is 29.8 Å². The molecule has 0 aromatic carbocycles. The monoisotopic (exact) mass is 182 g/mol. The molecule has 0 bridgehead atoms. The summed E-state index contributed by atoms with van der Waals surface area (Å²) in [6.07, 6.45) is 2.50. The normalized spacial score (nSPS) is 22.1. The molecular weight excluding hydrogens is 168 g/mol. The predicted molar refractivity (Wildman–Crippen MR) is 48.3 cm³/mol. The van der Waals surface area contributed by atoms with Crippen molar-refractivity contribution in [3.8, 4) is 0 Å². The fourth-order valence-corrected chi connectivity index (χ4v) is 1.52. The molecule has 13 heavy (non-hydrogen) atoms. The molecule has 1 fully saturated rings. The maximum atomic E-state index is 3.84. The van der Waals surface area contributed by atoms with Crippen LogP contribution in [0.2, 0.25) is 0 Å². The van der Waals surface area contributed by atoms with E-state index >= 15 is 0 Å². The molecule has 1 aromatic heterocycles. The highest BCUT2D eigenvalue weighted by Crippen LogP contribution is 2.05. The number of rotatable bonds is 3. The molecular formula is C7H14N6. The standard InChI is InChI=1S/C7H14N6/c1-13-7(10-11-12-13)9-5-6-3-2-4-8-6/h6,8H,2-5H2,1H3,(H,9,10,12). The molecule has 72 valence electrons. The minimum absolute atomic E-state index is 0.566. The molecule has 1 aliphatic rings. The Bertz CT molecular complexity index is 264. The maximum Gasteiger partial charge on any atom is 0.242 e. The Kier molecular flexibility index (Phi) is 2.40. The first kappa shape index (κ1) is 8.43. The molecule has 1 unspecified atom stereocenters. The number of tetrazole rings is 1. The Morgan fingerprint density at radius 3 is 3.23 bits per heavy atom. The number of aromatic nitrogens is 4. The van der Waals surface area contributed by atoms with Crippen molar-refractivity contribution >= 4 is 5.95 Å². The molecule has 2 heterocycles. The van der Waals surface area contributed by atoms with Crippen LogP contribution in [-0.2, 0) is 7.05 Å². The first-order valence-electron chi connectivity index (χ1n) is 4.56. The van der Waals surface area contributed by atoms with Gasteiger partial charge in [-0.2, -0.15) is 0 Å². The summed E-state index contributed by atoms with van der Waals surface area (Å²) in [5, 5.41) is 17.7. The van der Waals surface area contributed by atoms with E-state index in [1.807, 2.05) is 7.05 Å². The highest BCUT2D eigenvalue weighted by atomic mass is 15.6. The number of anilines is 1. The van der Waals surface area contributed by atoms with E-state index in [-0.39, 0.29) is 0 Å². The van der Waals surface area contributed by atoms with Gasteiger partial charge in [-0.25, -0.2) is 4.68 Å². The lowest BCUT2D eigenvalue weighted by Gasteiger charge is -2.10. The van der Waals surface area contributed by atoms with Gasteiger partial charge in [0.05, 0.1) is 0 Å². The van der Waals surface area contributed by atoms with Crippen LogP contribution < -0.4 is 10.6 Å². The fourth-order valence-electron chi connectivity index (χ4n) is 1.52. The van der Waals surface area contributed by atoms with Crippen LogP contribution in [-0.4, -0.2) is 39.3 Å². The predicted octanol–water partition coefficient (Wildman–Crippen LogP) is -0.626. The summed E-state index contributed by atoms with van der Waals surface area (Å²) in [5.41, 5.74) is 0. The number of hydrogen-bond acceptors (Lipinski definition) is 5. The SMILES string of the molecule is Cn1nnnc1NCC1CCCN1. The molecule has 2 N–H and O–H groups in total. The Balaban J connectivity index is 1.82. The molecule has 6 nitrogen and oxygen atoms in total. The smallest absolute Gasteiger partial charge is 0.242 e. The summed E-state index contributed by atoms with van der Waals surface area (Å²) < 4.78 is 1.63. The van der Waals surface area contributed by atoms with Crippen molar-refractivity contribution < 1.29 is 0 Å². The first-order chi connectivity index (χ1) is 6.36. The third kappa shape index (κ3) is 1.95. The van der Waals surface area contributed by atoms with Gasteiger partial charge < -0.3 is 10.6 Å². The molecule has 1 aliphatic heterocycles. The highest BCUT2D eigenvalue weighted by Gasteiger charge is 2.14. The van der Waals surface area contributed by atoms with Crippen LogP contribution in [0, 0.1) is 0 Å². The Labute approximate surface area is 76.7 Å². The van der Waals surface area contributed by atoms with Crippen molar-refractivity contribution in [3.05, 3.63) is 0 Å². The summed E-state index contributed by atoms with van der Waals surface area (Å²) >= 11 is 0. The van der Waals surface area contributed by atoms with Gasteiger partial charge in [-0.15, -0.1) is 0 Å². The lowest BCUT2D eigenvalue weighted by molar-refractivity contribution is 0.626. The lowest BCUT2D eigenvalue weighted by atomic mass is 10.2. The van der Waals surface area contributed by atoms with Crippen molar-refractivity contribution in [1.82, 2.24) is 25.5 Å². The molecule has 2 rings (SSSR count). The second-order valence-corrected chi connectivity index (χ2v) is 3.30. The van der Waals surface area contributed by atoms with Gasteiger partial charge in [0.1, 0.15) is 0 Å². The van der Waals surface area contributed by atoms with Gasteiger partial charge in [-0.1, -0.05) is 5.10 Å². The largest absolute Gasteiger partial charge is 0.352 e. The summed E-state index contributed by atoms with van der Waals surface area (Å²) in [6.45, 7) is 2.03. The van der Waals surface area contributed by atoms with E-state index in [2.05, 4.69) is 26.2 Å². The van der Waals surface area contributed by atoms with Crippen LogP contribution >= 0.6 is 0 Å². The van der Waals surface area contributed by atoms with Gasteiger partial charge in [0, 0.05) is 19.6 Å². The van der Waals surface area contributed by atoms with Gasteiger partial charge in [0.2, 0.25) is 5.95 Å². The number of nitrogens with zero attached hydrogens (tertiary/aromatic N) is 4. The van der Waals surface area contributed by atoms with Crippen LogP contribution in [0.1, 0.15) is 12.8 Å². The number of nitrogens with one attached hydrogen (secondary N) is 2. The fraction of sp³-hybridized carbons (Fsp3) is 0.857. The summed E-state index contributed by atoms with van der Waals surface area (Å²) in [4.78, 5) is 0. The molecule has 0 spiro atoms. The van der Waals surface area contributed by atoms with Crippen LogP contribution in [0.5, 0.6) is 0 Å². The lowest BCUT2D eigenvalue weighted by Crippen LogP contribution is -2.30. The topological polar surface area (TPSA) is 67.7 Å². The molecule has 6 heteroatoms. The average Bonchev–Trinajstić information content (AvgIpc) is 2.72. The maximum absolute atomic E-state index is 3.84. The Morgan fingerprint density at radius 1 is 1.69 bits per heavy atom. The Morgan fingerprint density at radius 2 is 2.62 bits per heavy atom. The van der Waals surface area contributed by atoms with Gasteiger partial charge in [0.15, 0.2) is 0 Å². The molecule has 0 radical (unpaired) electrons. The molecule has 0 amide bonds. The minimum Gasteiger partial charge on any atom is -0.352 e. The van der Waals surface area contributed by atoms with Crippen LogP contribution in [0.25, 0.3) is 0 Å². The second-order valence-electron chi connectivity index (χ2n) is 3.30. The Hall–Kier alpha value is -1.17. The second kappa shape index (κ2) is 3.69. The molecule has 1 aromatic rings. The van der Waals surface area contributed by atoms with E-state index < -0.39 is 0 Å². The third-order valence-electron chi connectivity index (χ3n) is 2.29. The van der Waals surface area contributed by atoms with E-state index in [1.165, 1.54) is 12.8 Å². The minimum atomic E-state index is 0.566. The quantitative estimate of drug-likeness (QED) is 0.651. The van der Waals surface area contributed by atoms with Gasteiger partial charge in [-0.3, -0.25) is 0 Å². The van der Waals surface area contributed by atoms with Crippen molar-refractivity contribution in [2.75, 3.05) is 18.4 Å². The summed E-state index contributed by atoms with van der Waals surface area (Å²) in [7, 11) is 1.82. The van der Waals surface area contributed by atoms with E-state index in [4.69, 9.17) is 0 Å². The molecule has 1 saturated heterocycles.